The Labute approximate surface area is 172 Å². The van der Waals surface area contributed by atoms with E-state index in [9.17, 15) is 19.2 Å². The van der Waals surface area contributed by atoms with Gasteiger partial charge in [0.1, 0.15) is 6.04 Å². The van der Waals surface area contributed by atoms with E-state index in [0.717, 1.165) is 5.56 Å². The topological polar surface area (TPSA) is 111 Å². The highest BCUT2D eigenvalue weighted by Crippen LogP contribution is 2.07. The SMILES string of the molecule is COC(=O)C(Cc1ccccc1)NC(=O)COC(=O)CCNC(=O)c1cccs1. The van der Waals surface area contributed by atoms with Gasteiger partial charge < -0.3 is 20.1 Å². The fourth-order valence-electron chi connectivity index (χ4n) is 2.41. The molecule has 0 spiro atoms. The number of nitrogens with one attached hydrogen (secondary N) is 2. The molecule has 1 unspecified atom stereocenters. The summed E-state index contributed by atoms with van der Waals surface area (Å²) >= 11 is 1.30. The molecule has 0 bridgehead atoms. The molecule has 1 atom stereocenters. The quantitative estimate of drug-likeness (QED) is 0.563. The van der Waals surface area contributed by atoms with Gasteiger partial charge in [-0.2, -0.15) is 0 Å². The predicted molar refractivity (Wildman–Crippen MR) is 106 cm³/mol. The van der Waals surface area contributed by atoms with Gasteiger partial charge in [0.25, 0.3) is 11.8 Å². The van der Waals surface area contributed by atoms with E-state index >= 15 is 0 Å². The maximum Gasteiger partial charge on any atom is 0.328 e. The minimum atomic E-state index is -0.890. The predicted octanol–water partition coefficient (Wildman–Crippen LogP) is 1.31. The van der Waals surface area contributed by atoms with Crippen molar-refractivity contribution in [2.75, 3.05) is 20.3 Å². The monoisotopic (exact) mass is 418 g/mol. The number of carbonyl (C=O) groups is 4. The maximum atomic E-state index is 12.0. The fraction of sp³-hybridized carbons (Fsp3) is 0.300. The summed E-state index contributed by atoms with van der Waals surface area (Å²) in [7, 11) is 1.23. The highest BCUT2D eigenvalue weighted by Gasteiger charge is 2.22. The summed E-state index contributed by atoms with van der Waals surface area (Å²) in [5.74, 6) is -2.12. The summed E-state index contributed by atoms with van der Waals surface area (Å²) in [6, 6.07) is 11.7. The minimum Gasteiger partial charge on any atom is -0.467 e. The molecular formula is C20H22N2O6S. The average molecular weight is 418 g/mol. The van der Waals surface area contributed by atoms with Crippen molar-refractivity contribution in [3.05, 3.63) is 58.3 Å². The van der Waals surface area contributed by atoms with E-state index in [0.29, 0.717) is 4.88 Å². The van der Waals surface area contributed by atoms with Gasteiger partial charge in [-0.05, 0) is 17.0 Å². The van der Waals surface area contributed by atoms with Crippen LogP contribution in [0.2, 0.25) is 0 Å². The summed E-state index contributed by atoms with van der Waals surface area (Å²) < 4.78 is 9.61. The van der Waals surface area contributed by atoms with Crippen molar-refractivity contribution in [2.24, 2.45) is 0 Å². The maximum absolute atomic E-state index is 12.0. The van der Waals surface area contributed by atoms with Crippen molar-refractivity contribution in [2.45, 2.75) is 18.9 Å². The third kappa shape index (κ3) is 7.74. The van der Waals surface area contributed by atoms with Crippen LogP contribution in [0.1, 0.15) is 21.7 Å². The molecule has 1 aromatic carbocycles. The van der Waals surface area contributed by atoms with Crippen LogP contribution >= 0.6 is 11.3 Å². The van der Waals surface area contributed by atoms with E-state index in [2.05, 4.69) is 10.6 Å². The zero-order valence-corrected chi connectivity index (χ0v) is 16.7. The van der Waals surface area contributed by atoms with Gasteiger partial charge >= 0.3 is 11.9 Å². The van der Waals surface area contributed by atoms with Crippen molar-refractivity contribution >= 4 is 35.1 Å². The average Bonchev–Trinajstić information content (AvgIpc) is 3.27. The number of ether oxygens (including phenoxy) is 2. The van der Waals surface area contributed by atoms with Gasteiger partial charge in [0.2, 0.25) is 0 Å². The molecule has 0 aliphatic heterocycles. The summed E-state index contributed by atoms with van der Waals surface area (Å²) in [4.78, 5) is 48.0. The van der Waals surface area contributed by atoms with Crippen LogP contribution in [0, 0.1) is 0 Å². The van der Waals surface area contributed by atoms with E-state index in [1.54, 1.807) is 17.5 Å². The molecule has 1 heterocycles. The van der Waals surface area contributed by atoms with Crippen LogP contribution in [0.5, 0.6) is 0 Å². The van der Waals surface area contributed by atoms with Gasteiger partial charge in [-0.3, -0.25) is 14.4 Å². The van der Waals surface area contributed by atoms with Crippen LogP contribution in [0.4, 0.5) is 0 Å². The molecule has 154 valence electrons. The van der Waals surface area contributed by atoms with Gasteiger partial charge in [-0.15, -0.1) is 11.3 Å². The minimum absolute atomic E-state index is 0.0746. The van der Waals surface area contributed by atoms with Crippen LogP contribution < -0.4 is 10.6 Å². The lowest BCUT2D eigenvalue weighted by Gasteiger charge is -2.16. The number of thiophene rings is 1. The Balaban J connectivity index is 1.72. The lowest BCUT2D eigenvalue weighted by molar-refractivity contribution is -0.150. The normalized spacial score (nSPS) is 11.2. The first kappa shape index (κ1) is 22.1. The van der Waals surface area contributed by atoms with Gasteiger partial charge in [0.05, 0.1) is 18.4 Å². The first-order chi connectivity index (χ1) is 14.0. The molecule has 1 aromatic heterocycles. The second-order valence-corrected chi connectivity index (χ2v) is 6.92. The number of benzene rings is 1. The molecule has 8 nitrogen and oxygen atoms in total. The number of amides is 2. The Morgan fingerprint density at radius 2 is 1.83 bits per heavy atom. The number of rotatable bonds is 10. The second-order valence-electron chi connectivity index (χ2n) is 5.98. The third-order valence-electron chi connectivity index (χ3n) is 3.83. The number of esters is 2. The molecule has 29 heavy (non-hydrogen) atoms. The summed E-state index contributed by atoms with van der Waals surface area (Å²) in [5.41, 5.74) is 0.849. The first-order valence-corrected chi connectivity index (χ1v) is 9.76. The molecule has 0 radical (unpaired) electrons. The highest BCUT2D eigenvalue weighted by molar-refractivity contribution is 7.12. The molecule has 2 rings (SSSR count). The zero-order valence-electron chi connectivity index (χ0n) is 15.9. The van der Waals surface area contributed by atoms with E-state index in [4.69, 9.17) is 9.47 Å². The fourth-order valence-corrected chi connectivity index (χ4v) is 3.05. The number of methoxy groups -OCH3 is 1. The van der Waals surface area contributed by atoms with Crippen molar-refractivity contribution in [1.29, 1.82) is 0 Å². The second kappa shape index (κ2) is 11.6. The Morgan fingerprint density at radius 1 is 1.07 bits per heavy atom. The molecule has 0 aliphatic carbocycles. The number of hydrogen-bond acceptors (Lipinski definition) is 7. The van der Waals surface area contributed by atoms with Crippen molar-refractivity contribution in [1.82, 2.24) is 10.6 Å². The Morgan fingerprint density at radius 3 is 2.48 bits per heavy atom. The molecule has 0 saturated heterocycles. The van der Waals surface area contributed by atoms with E-state index in [1.807, 2.05) is 30.3 Å². The van der Waals surface area contributed by atoms with Gasteiger partial charge in [-0.1, -0.05) is 36.4 Å². The van der Waals surface area contributed by atoms with Gasteiger partial charge in [-0.25, -0.2) is 4.79 Å². The van der Waals surface area contributed by atoms with Crippen LogP contribution in [0.25, 0.3) is 0 Å². The van der Waals surface area contributed by atoms with Crippen molar-refractivity contribution in [3.8, 4) is 0 Å². The smallest absolute Gasteiger partial charge is 0.328 e. The van der Waals surface area contributed by atoms with Crippen molar-refractivity contribution in [3.63, 3.8) is 0 Å². The Kier molecular flexibility index (Phi) is 8.84. The largest absolute Gasteiger partial charge is 0.467 e. The Hall–Kier alpha value is -3.20. The molecule has 0 fully saturated rings. The molecule has 2 aromatic rings. The molecule has 0 aliphatic rings. The van der Waals surface area contributed by atoms with Gasteiger partial charge in [0.15, 0.2) is 6.61 Å². The van der Waals surface area contributed by atoms with Crippen LogP contribution in [-0.2, 0) is 30.3 Å². The lowest BCUT2D eigenvalue weighted by atomic mass is 10.1. The van der Waals surface area contributed by atoms with Crippen molar-refractivity contribution < 1.29 is 28.7 Å². The molecule has 0 saturated carbocycles. The molecular weight excluding hydrogens is 396 g/mol. The molecule has 9 heteroatoms. The van der Waals surface area contributed by atoms with E-state index in [-0.39, 0.29) is 25.3 Å². The number of carbonyl (C=O) groups excluding carboxylic acids is 4. The summed E-state index contributed by atoms with van der Waals surface area (Å²) in [5, 5.41) is 6.88. The van der Waals surface area contributed by atoms with E-state index in [1.165, 1.54) is 18.4 Å². The molecule has 2 amide bonds. The molecule has 2 N–H and O–H groups in total. The van der Waals surface area contributed by atoms with E-state index < -0.39 is 30.5 Å². The third-order valence-corrected chi connectivity index (χ3v) is 4.70. The van der Waals surface area contributed by atoms with Crippen LogP contribution in [0.15, 0.2) is 47.8 Å². The van der Waals surface area contributed by atoms with Crippen LogP contribution in [0.3, 0.4) is 0 Å². The zero-order chi connectivity index (χ0) is 21.1. The standard InChI is InChI=1S/C20H22N2O6S/c1-27-20(26)15(12-14-6-3-2-4-7-14)22-17(23)13-28-18(24)9-10-21-19(25)16-8-5-11-29-16/h2-8,11,15H,9-10,12-13H2,1H3,(H,21,25)(H,22,23). The summed E-state index contributed by atoms with van der Waals surface area (Å²) in [6.07, 6.45) is 0.177. The van der Waals surface area contributed by atoms with Gasteiger partial charge in [0, 0.05) is 13.0 Å². The summed E-state index contributed by atoms with van der Waals surface area (Å²) in [6.45, 7) is -0.435. The number of hydrogen-bond donors (Lipinski definition) is 2. The van der Waals surface area contributed by atoms with Crippen LogP contribution in [-0.4, -0.2) is 50.1 Å². The lowest BCUT2D eigenvalue weighted by Crippen LogP contribution is -2.44. The highest BCUT2D eigenvalue weighted by atomic mass is 32.1. The Bertz CT molecular complexity index is 823. The first-order valence-electron chi connectivity index (χ1n) is 8.88.